The van der Waals surface area contributed by atoms with E-state index in [9.17, 15) is 18.7 Å². The van der Waals surface area contributed by atoms with Crippen LogP contribution < -0.4 is 9.47 Å². The second-order valence-electron chi connectivity index (χ2n) is 11.7. The third-order valence-corrected chi connectivity index (χ3v) is 7.90. The van der Waals surface area contributed by atoms with Crippen molar-refractivity contribution in [3.63, 3.8) is 0 Å². The minimum Gasteiger partial charge on any atom is -0.486 e. The summed E-state index contributed by atoms with van der Waals surface area (Å²) in [6.45, 7) is 8.86. The minimum atomic E-state index is -0.884. The van der Waals surface area contributed by atoms with Crippen LogP contribution in [0.4, 0.5) is 8.78 Å². The van der Waals surface area contributed by atoms with E-state index in [4.69, 9.17) is 9.47 Å². The van der Waals surface area contributed by atoms with Crippen molar-refractivity contribution < 1.29 is 28.2 Å². The first-order valence-corrected chi connectivity index (χ1v) is 14.3. The largest absolute Gasteiger partial charge is 0.486 e. The van der Waals surface area contributed by atoms with Gasteiger partial charge in [0.05, 0.1) is 0 Å². The topological polar surface area (TPSA) is 62.2 Å². The van der Waals surface area contributed by atoms with Crippen LogP contribution in [-0.2, 0) is 24.3 Å². The van der Waals surface area contributed by atoms with E-state index < -0.39 is 29.7 Å². The van der Waals surface area contributed by atoms with Crippen molar-refractivity contribution in [3.05, 3.63) is 94.0 Å². The fraction of sp³-hybridized carbons (Fsp3) is 0.424. The van der Waals surface area contributed by atoms with Crippen LogP contribution >= 0.6 is 0 Å². The zero-order valence-corrected chi connectivity index (χ0v) is 24.1. The Kier molecular flexibility index (Phi) is 8.61. The second-order valence-corrected chi connectivity index (χ2v) is 11.7. The van der Waals surface area contributed by atoms with Crippen molar-refractivity contribution in [1.82, 2.24) is 9.80 Å². The third kappa shape index (κ3) is 6.54. The fourth-order valence-electron chi connectivity index (χ4n) is 5.89. The van der Waals surface area contributed by atoms with Gasteiger partial charge in [-0.25, -0.2) is 8.78 Å². The SMILES string of the molecule is CC[C@@H](Oc1ccc([C@H]2CN(C)Cc3cc4c(cc3O2)CN(CC(C)C)[C@H](C(=O)O)C4)cc1)c1ccc(F)c(F)c1. The predicted molar refractivity (Wildman–Crippen MR) is 153 cm³/mol. The van der Waals surface area contributed by atoms with Gasteiger partial charge >= 0.3 is 5.97 Å². The third-order valence-electron chi connectivity index (χ3n) is 7.90. The van der Waals surface area contributed by atoms with Gasteiger partial charge in [-0.05, 0) is 78.4 Å². The molecule has 0 aromatic heterocycles. The summed E-state index contributed by atoms with van der Waals surface area (Å²) in [7, 11) is 2.06. The molecule has 0 aliphatic carbocycles. The van der Waals surface area contributed by atoms with Gasteiger partial charge in [-0.2, -0.15) is 0 Å². The van der Waals surface area contributed by atoms with Gasteiger partial charge in [-0.15, -0.1) is 0 Å². The smallest absolute Gasteiger partial charge is 0.321 e. The van der Waals surface area contributed by atoms with E-state index >= 15 is 0 Å². The molecule has 2 aliphatic heterocycles. The van der Waals surface area contributed by atoms with E-state index in [0.29, 0.717) is 49.7 Å². The highest BCUT2D eigenvalue weighted by molar-refractivity contribution is 5.74. The first kappa shape index (κ1) is 29.0. The number of fused-ring (bicyclic) bond motifs is 2. The monoisotopic (exact) mass is 564 g/mol. The van der Waals surface area contributed by atoms with Crippen LogP contribution in [0.3, 0.4) is 0 Å². The lowest BCUT2D eigenvalue weighted by atomic mass is 9.91. The van der Waals surface area contributed by atoms with E-state index in [1.165, 1.54) is 6.07 Å². The van der Waals surface area contributed by atoms with Crippen molar-refractivity contribution >= 4 is 5.97 Å². The minimum absolute atomic E-state index is 0.205. The summed E-state index contributed by atoms with van der Waals surface area (Å²) in [5.74, 6) is -0.695. The molecule has 2 heterocycles. The highest BCUT2D eigenvalue weighted by atomic mass is 19.2. The summed E-state index contributed by atoms with van der Waals surface area (Å²) >= 11 is 0. The molecule has 0 bridgehead atoms. The molecule has 3 aromatic carbocycles. The number of hydrogen-bond acceptors (Lipinski definition) is 5. The maximum atomic E-state index is 13.8. The molecule has 2 aliphatic rings. The molecule has 0 unspecified atom stereocenters. The van der Waals surface area contributed by atoms with Gasteiger partial charge in [0.15, 0.2) is 11.6 Å². The summed E-state index contributed by atoms with van der Waals surface area (Å²) in [5, 5.41) is 9.88. The van der Waals surface area contributed by atoms with E-state index in [2.05, 4.69) is 42.8 Å². The number of nitrogens with zero attached hydrogens (tertiary/aromatic N) is 2. The highest BCUT2D eigenvalue weighted by Crippen LogP contribution is 2.37. The Morgan fingerprint density at radius 1 is 1.02 bits per heavy atom. The van der Waals surface area contributed by atoms with Gasteiger partial charge in [0.1, 0.15) is 29.7 Å². The first-order chi connectivity index (χ1) is 19.6. The van der Waals surface area contributed by atoms with Crippen LogP contribution in [0.25, 0.3) is 0 Å². The van der Waals surface area contributed by atoms with Gasteiger partial charge in [-0.3, -0.25) is 14.6 Å². The average Bonchev–Trinajstić information content (AvgIpc) is 3.09. The number of rotatable bonds is 8. The lowest BCUT2D eigenvalue weighted by Gasteiger charge is -2.36. The number of halogens is 2. The second kappa shape index (κ2) is 12.2. The molecule has 0 saturated carbocycles. The molecule has 3 aromatic rings. The number of aliphatic carboxylic acids is 1. The number of benzene rings is 3. The van der Waals surface area contributed by atoms with Gasteiger partial charge in [0.25, 0.3) is 0 Å². The van der Waals surface area contributed by atoms with Gasteiger partial charge in [-0.1, -0.05) is 45.0 Å². The molecule has 0 amide bonds. The van der Waals surface area contributed by atoms with Crippen LogP contribution in [0.2, 0.25) is 0 Å². The van der Waals surface area contributed by atoms with Crippen molar-refractivity contribution in [2.24, 2.45) is 5.92 Å². The molecule has 5 rings (SSSR count). The number of carboxylic acids is 1. The molecule has 0 saturated heterocycles. The summed E-state index contributed by atoms with van der Waals surface area (Å²) in [4.78, 5) is 16.3. The molecule has 218 valence electrons. The van der Waals surface area contributed by atoms with Crippen LogP contribution in [0.1, 0.15) is 67.2 Å². The Balaban J connectivity index is 1.35. The molecule has 6 nitrogen and oxygen atoms in total. The molecule has 8 heteroatoms. The van der Waals surface area contributed by atoms with E-state index in [1.807, 2.05) is 31.2 Å². The maximum absolute atomic E-state index is 13.8. The van der Waals surface area contributed by atoms with Crippen LogP contribution in [0.15, 0.2) is 54.6 Å². The molecule has 41 heavy (non-hydrogen) atoms. The summed E-state index contributed by atoms with van der Waals surface area (Å²) in [6.07, 6.45) is 0.489. The lowest BCUT2D eigenvalue weighted by Crippen LogP contribution is -2.47. The van der Waals surface area contributed by atoms with Crippen LogP contribution in [-0.4, -0.2) is 47.1 Å². The highest BCUT2D eigenvalue weighted by Gasteiger charge is 2.33. The zero-order valence-electron chi connectivity index (χ0n) is 24.1. The first-order valence-electron chi connectivity index (χ1n) is 14.3. The predicted octanol–water partition coefficient (Wildman–Crippen LogP) is 6.53. The van der Waals surface area contributed by atoms with Gasteiger partial charge in [0.2, 0.25) is 0 Å². The van der Waals surface area contributed by atoms with E-state index in [1.54, 1.807) is 6.07 Å². The van der Waals surface area contributed by atoms with E-state index in [-0.39, 0.29) is 6.10 Å². The number of hydrogen-bond donors (Lipinski definition) is 1. The average molecular weight is 565 g/mol. The van der Waals surface area contributed by atoms with Crippen LogP contribution in [0.5, 0.6) is 11.5 Å². The van der Waals surface area contributed by atoms with Gasteiger partial charge < -0.3 is 14.6 Å². The van der Waals surface area contributed by atoms with Crippen LogP contribution in [0, 0.1) is 17.6 Å². The molecule has 3 atom stereocenters. The number of carboxylic acid groups (broad SMARTS) is 1. The number of likely N-dealkylation sites (N-methyl/N-ethyl adjacent to an activating group) is 1. The standard InChI is InChI=1S/C33H38F2N2O4/c1-5-30(22-8-11-27(34)28(35)13-22)40-26-9-6-21(7-10-26)32-19-36(4)17-25-12-23-14-29(33(38)39)37(16-20(2)3)18-24(23)15-31(25)41-32/h6-13,15,20,29-30,32H,5,14,16-19H2,1-4H3,(H,38,39)/t29-,30+,32+/m0/s1. The molecule has 1 N–H and O–H groups in total. The fourth-order valence-corrected chi connectivity index (χ4v) is 5.89. The zero-order chi connectivity index (χ0) is 29.3. The van der Waals surface area contributed by atoms with Crippen molar-refractivity contribution in [1.29, 1.82) is 0 Å². The normalized spacial score (nSPS) is 20.1. The van der Waals surface area contributed by atoms with Gasteiger partial charge in [0, 0.05) is 31.7 Å². The number of carbonyl (C=O) groups is 1. The van der Waals surface area contributed by atoms with Crippen molar-refractivity contribution in [2.45, 2.75) is 65.0 Å². The lowest BCUT2D eigenvalue weighted by molar-refractivity contribution is -0.144. The molecule has 0 radical (unpaired) electrons. The molecule has 0 spiro atoms. The molecular formula is C33H38F2N2O4. The Morgan fingerprint density at radius 2 is 1.78 bits per heavy atom. The Bertz CT molecular complexity index is 1390. The summed E-state index contributed by atoms with van der Waals surface area (Å²) in [5.41, 5.74) is 4.86. The Labute approximate surface area is 240 Å². The Morgan fingerprint density at radius 3 is 2.44 bits per heavy atom. The number of ether oxygens (including phenoxy) is 2. The van der Waals surface area contributed by atoms with Crippen molar-refractivity contribution in [2.75, 3.05) is 20.1 Å². The van der Waals surface area contributed by atoms with Crippen molar-refractivity contribution in [3.8, 4) is 11.5 Å². The summed E-state index contributed by atoms with van der Waals surface area (Å²) < 4.78 is 39.9. The Hall–Kier alpha value is -3.49. The molecular weight excluding hydrogens is 526 g/mol. The quantitative estimate of drug-likeness (QED) is 0.336. The molecule has 0 fully saturated rings. The van der Waals surface area contributed by atoms with E-state index in [0.717, 1.165) is 40.6 Å². The maximum Gasteiger partial charge on any atom is 0.321 e. The summed E-state index contributed by atoms with van der Waals surface area (Å²) in [6, 6.07) is 15.3.